The Bertz CT molecular complexity index is 969. The quantitative estimate of drug-likeness (QED) is 0.568. The summed E-state index contributed by atoms with van der Waals surface area (Å²) in [5.41, 5.74) is 4.16. The van der Waals surface area contributed by atoms with Crippen molar-refractivity contribution in [1.29, 1.82) is 0 Å². The van der Waals surface area contributed by atoms with Crippen molar-refractivity contribution in [3.8, 4) is 11.5 Å². The van der Waals surface area contributed by atoms with E-state index in [0.29, 0.717) is 5.02 Å². The van der Waals surface area contributed by atoms with Crippen LogP contribution in [0.25, 0.3) is 22.6 Å². The van der Waals surface area contributed by atoms with E-state index >= 15 is 0 Å². The first-order valence-corrected chi connectivity index (χ1v) is 7.78. The Morgan fingerprint density at radius 2 is 1.87 bits per heavy atom. The van der Waals surface area contributed by atoms with Crippen molar-refractivity contribution >= 4 is 22.6 Å². The number of hydrogen-bond acceptors (Lipinski definition) is 2. The van der Waals surface area contributed by atoms with Gasteiger partial charge < -0.3 is 4.57 Å². The SMILES string of the molecule is Cn1nccc1-c1nc2cc(Cl)ccc2n1Cc1ccccc1. The van der Waals surface area contributed by atoms with Crippen LogP contribution in [-0.4, -0.2) is 19.3 Å². The number of rotatable bonds is 3. The summed E-state index contributed by atoms with van der Waals surface area (Å²) in [4.78, 5) is 4.79. The smallest absolute Gasteiger partial charge is 0.159 e. The molecule has 5 heteroatoms. The average molecular weight is 323 g/mol. The molecule has 0 fully saturated rings. The maximum Gasteiger partial charge on any atom is 0.159 e. The molecule has 0 saturated carbocycles. The highest BCUT2D eigenvalue weighted by atomic mass is 35.5. The van der Waals surface area contributed by atoms with E-state index in [9.17, 15) is 0 Å². The normalized spacial score (nSPS) is 11.2. The summed E-state index contributed by atoms with van der Waals surface area (Å²) >= 11 is 6.13. The molecule has 4 rings (SSSR count). The van der Waals surface area contributed by atoms with Gasteiger partial charge >= 0.3 is 0 Å². The fraction of sp³-hybridized carbons (Fsp3) is 0.111. The maximum atomic E-state index is 6.13. The van der Waals surface area contributed by atoms with E-state index in [2.05, 4.69) is 33.9 Å². The minimum atomic E-state index is 0.693. The third-order valence-corrected chi connectivity index (χ3v) is 4.18. The van der Waals surface area contributed by atoms with Crippen molar-refractivity contribution in [3.05, 3.63) is 71.4 Å². The van der Waals surface area contributed by atoms with Crippen molar-refractivity contribution in [3.63, 3.8) is 0 Å². The van der Waals surface area contributed by atoms with Crippen molar-refractivity contribution in [1.82, 2.24) is 19.3 Å². The topological polar surface area (TPSA) is 35.6 Å². The highest BCUT2D eigenvalue weighted by Crippen LogP contribution is 2.27. The van der Waals surface area contributed by atoms with Crippen LogP contribution in [0, 0.1) is 0 Å². The molecule has 0 aliphatic rings. The minimum absolute atomic E-state index is 0.693. The standard InChI is InChI=1S/C18H15ClN4/c1-22-17(9-10-20-22)18-21-15-11-14(19)7-8-16(15)23(18)12-13-5-3-2-4-6-13/h2-11H,12H2,1H3. The second-order valence-corrected chi connectivity index (χ2v) is 5.92. The van der Waals surface area contributed by atoms with Crippen LogP contribution in [0.5, 0.6) is 0 Å². The molecule has 0 saturated heterocycles. The van der Waals surface area contributed by atoms with E-state index < -0.39 is 0 Å². The van der Waals surface area contributed by atoms with Gasteiger partial charge in [0.15, 0.2) is 5.82 Å². The summed E-state index contributed by atoms with van der Waals surface area (Å²) in [6, 6.07) is 18.2. The molecular formula is C18H15ClN4. The summed E-state index contributed by atoms with van der Waals surface area (Å²) in [6.07, 6.45) is 1.79. The number of nitrogens with zero attached hydrogens (tertiary/aromatic N) is 4. The Balaban J connectivity index is 1.94. The average Bonchev–Trinajstić information content (AvgIpc) is 3.12. The first-order chi connectivity index (χ1) is 11.2. The molecule has 4 aromatic rings. The highest BCUT2D eigenvalue weighted by Gasteiger charge is 2.15. The second kappa shape index (κ2) is 5.56. The second-order valence-electron chi connectivity index (χ2n) is 5.48. The van der Waals surface area contributed by atoms with E-state index in [0.717, 1.165) is 29.1 Å². The van der Waals surface area contributed by atoms with Crippen molar-refractivity contribution in [2.45, 2.75) is 6.54 Å². The van der Waals surface area contributed by atoms with Crippen LogP contribution in [0.2, 0.25) is 5.02 Å². The van der Waals surface area contributed by atoms with Crippen LogP contribution in [-0.2, 0) is 13.6 Å². The Labute approximate surface area is 139 Å². The molecule has 0 unspecified atom stereocenters. The van der Waals surface area contributed by atoms with E-state index in [1.807, 2.05) is 42.1 Å². The van der Waals surface area contributed by atoms with Gasteiger partial charge in [0.25, 0.3) is 0 Å². The lowest BCUT2D eigenvalue weighted by Crippen LogP contribution is -2.05. The lowest BCUT2D eigenvalue weighted by molar-refractivity contribution is 0.753. The number of aryl methyl sites for hydroxylation is 1. The van der Waals surface area contributed by atoms with Gasteiger partial charge in [-0.2, -0.15) is 5.10 Å². The third kappa shape index (κ3) is 2.51. The largest absolute Gasteiger partial charge is 0.318 e. The lowest BCUT2D eigenvalue weighted by atomic mass is 10.2. The van der Waals surface area contributed by atoms with Crippen molar-refractivity contribution in [2.24, 2.45) is 7.05 Å². The molecule has 114 valence electrons. The van der Waals surface area contributed by atoms with E-state index in [-0.39, 0.29) is 0 Å². The molecule has 0 aliphatic carbocycles. The van der Waals surface area contributed by atoms with Gasteiger partial charge in [-0.1, -0.05) is 41.9 Å². The first-order valence-electron chi connectivity index (χ1n) is 7.40. The van der Waals surface area contributed by atoms with E-state index in [1.54, 1.807) is 6.20 Å². The van der Waals surface area contributed by atoms with E-state index in [1.165, 1.54) is 5.56 Å². The fourth-order valence-corrected chi connectivity index (χ4v) is 2.98. The molecule has 0 atom stereocenters. The highest BCUT2D eigenvalue weighted by molar-refractivity contribution is 6.31. The van der Waals surface area contributed by atoms with Gasteiger partial charge in [-0.05, 0) is 29.8 Å². The predicted molar refractivity (Wildman–Crippen MR) is 92.5 cm³/mol. The Kier molecular flexibility index (Phi) is 3.39. The van der Waals surface area contributed by atoms with Gasteiger partial charge in [0.05, 0.1) is 11.0 Å². The van der Waals surface area contributed by atoms with Gasteiger partial charge in [0.2, 0.25) is 0 Å². The molecule has 23 heavy (non-hydrogen) atoms. The molecule has 2 aromatic heterocycles. The Hall–Kier alpha value is -2.59. The molecule has 2 heterocycles. The maximum absolute atomic E-state index is 6.13. The summed E-state index contributed by atoms with van der Waals surface area (Å²) in [6.45, 7) is 0.749. The van der Waals surface area contributed by atoms with Crippen LogP contribution in [0.3, 0.4) is 0 Å². The number of hydrogen-bond donors (Lipinski definition) is 0. The number of fused-ring (bicyclic) bond motifs is 1. The molecule has 0 radical (unpaired) electrons. The van der Waals surface area contributed by atoms with Crippen molar-refractivity contribution < 1.29 is 0 Å². The van der Waals surface area contributed by atoms with Crippen molar-refractivity contribution in [2.75, 3.05) is 0 Å². The van der Waals surface area contributed by atoms with Gasteiger partial charge in [-0.15, -0.1) is 0 Å². The van der Waals surface area contributed by atoms with E-state index in [4.69, 9.17) is 16.6 Å². The zero-order chi connectivity index (χ0) is 15.8. The van der Waals surface area contributed by atoms with Gasteiger partial charge in [-0.25, -0.2) is 4.98 Å². The molecule has 0 amide bonds. The first kappa shape index (κ1) is 14.0. The fourth-order valence-electron chi connectivity index (χ4n) is 2.82. The zero-order valence-corrected chi connectivity index (χ0v) is 13.4. The number of imidazole rings is 1. The molecule has 4 nitrogen and oxygen atoms in total. The lowest BCUT2D eigenvalue weighted by Gasteiger charge is -2.09. The molecule has 0 spiro atoms. The van der Waals surface area contributed by atoms with Gasteiger partial charge in [0, 0.05) is 24.8 Å². The summed E-state index contributed by atoms with van der Waals surface area (Å²) in [5, 5.41) is 4.96. The Morgan fingerprint density at radius 3 is 2.61 bits per heavy atom. The van der Waals surface area contributed by atoms with Crippen LogP contribution in [0.4, 0.5) is 0 Å². The van der Waals surface area contributed by atoms with Crippen LogP contribution in [0.1, 0.15) is 5.56 Å². The molecule has 0 aliphatic heterocycles. The van der Waals surface area contributed by atoms with Gasteiger partial charge in [0.1, 0.15) is 5.69 Å². The molecule has 0 N–H and O–H groups in total. The molecular weight excluding hydrogens is 308 g/mol. The monoisotopic (exact) mass is 322 g/mol. The summed E-state index contributed by atoms with van der Waals surface area (Å²) in [5.74, 6) is 0.895. The number of halogens is 1. The summed E-state index contributed by atoms with van der Waals surface area (Å²) < 4.78 is 4.04. The number of aromatic nitrogens is 4. The molecule has 2 aromatic carbocycles. The van der Waals surface area contributed by atoms with Gasteiger partial charge in [-0.3, -0.25) is 4.68 Å². The van der Waals surface area contributed by atoms with Crippen LogP contribution in [0.15, 0.2) is 60.8 Å². The Morgan fingerprint density at radius 1 is 1.04 bits per heavy atom. The zero-order valence-electron chi connectivity index (χ0n) is 12.6. The third-order valence-electron chi connectivity index (χ3n) is 3.94. The van der Waals surface area contributed by atoms with Crippen LogP contribution < -0.4 is 0 Å². The predicted octanol–water partition coefficient (Wildman–Crippen LogP) is 4.14. The summed E-state index contributed by atoms with van der Waals surface area (Å²) in [7, 11) is 1.93. The minimum Gasteiger partial charge on any atom is -0.318 e. The molecule has 0 bridgehead atoms. The van der Waals surface area contributed by atoms with Crippen LogP contribution >= 0.6 is 11.6 Å². The number of benzene rings is 2.